The first kappa shape index (κ1) is 10.5. The van der Waals surface area contributed by atoms with E-state index >= 15 is 0 Å². The molecule has 0 aliphatic rings. The number of nitrogens with one attached hydrogen (secondary N) is 1. The molecule has 0 aliphatic heterocycles. The third-order valence-electron chi connectivity index (χ3n) is 2.37. The van der Waals surface area contributed by atoms with Crippen molar-refractivity contribution < 1.29 is 9.26 Å². The molecule has 16 heavy (non-hydrogen) atoms. The lowest BCUT2D eigenvalue weighted by Crippen LogP contribution is -1.98. The molecule has 1 aromatic heterocycles. The molecule has 1 aromatic carbocycles. The second kappa shape index (κ2) is 4.70. The van der Waals surface area contributed by atoms with Crippen molar-refractivity contribution in [1.82, 2.24) is 5.16 Å². The third kappa shape index (κ3) is 2.34. The zero-order chi connectivity index (χ0) is 11.4. The van der Waals surface area contributed by atoms with E-state index in [9.17, 15) is 0 Å². The molecule has 0 aliphatic carbocycles. The van der Waals surface area contributed by atoms with Crippen LogP contribution in [-0.4, -0.2) is 12.3 Å². The Balaban J connectivity index is 2.02. The summed E-state index contributed by atoms with van der Waals surface area (Å²) in [5, 5.41) is 6.93. The van der Waals surface area contributed by atoms with E-state index < -0.39 is 0 Å². The standard InChI is InChI=1S/C12H14N2O2/c1-9-5-11(3-4-12(9)15-2)13-6-10-7-14-16-8-10/h3-5,7-8,13H,6H2,1-2H3. The minimum atomic E-state index is 0.704. The average Bonchev–Trinajstić information content (AvgIpc) is 2.79. The number of ether oxygens (including phenoxy) is 1. The van der Waals surface area contributed by atoms with Gasteiger partial charge in [-0.15, -0.1) is 0 Å². The predicted octanol–water partition coefficient (Wildman–Crippen LogP) is 2.60. The highest BCUT2D eigenvalue weighted by Gasteiger charge is 2.00. The Hall–Kier alpha value is -1.97. The molecule has 4 heteroatoms. The van der Waals surface area contributed by atoms with E-state index in [1.165, 1.54) is 0 Å². The normalized spacial score (nSPS) is 10.1. The number of rotatable bonds is 4. The molecule has 0 amide bonds. The molecule has 1 N–H and O–H groups in total. The fraction of sp³-hybridized carbons (Fsp3) is 0.250. The van der Waals surface area contributed by atoms with Gasteiger partial charge in [-0.1, -0.05) is 5.16 Å². The van der Waals surface area contributed by atoms with Crippen LogP contribution >= 0.6 is 0 Å². The van der Waals surface area contributed by atoms with Gasteiger partial charge in [0.1, 0.15) is 12.0 Å². The van der Waals surface area contributed by atoms with Crippen molar-refractivity contribution in [3.63, 3.8) is 0 Å². The number of anilines is 1. The summed E-state index contributed by atoms with van der Waals surface area (Å²) in [7, 11) is 1.67. The molecular weight excluding hydrogens is 204 g/mol. The Morgan fingerprint density at radius 1 is 1.44 bits per heavy atom. The summed E-state index contributed by atoms with van der Waals surface area (Å²) < 4.78 is 9.95. The molecule has 0 bridgehead atoms. The zero-order valence-electron chi connectivity index (χ0n) is 9.36. The summed E-state index contributed by atoms with van der Waals surface area (Å²) in [6, 6.07) is 5.98. The molecule has 0 fully saturated rings. The Bertz CT molecular complexity index is 452. The van der Waals surface area contributed by atoms with E-state index in [2.05, 4.69) is 10.5 Å². The van der Waals surface area contributed by atoms with Gasteiger partial charge in [0.25, 0.3) is 0 Å². The lowest BCUT2D eigenvalue weighted by molar-refractivity contribution is 0.412. The fourth-order valence-corrected chi connectivity index (χ4v) is 1.51. The predicted molar refractivity (Wildman–Crippen MR) is 61.6 cm³/mol. The van der Waals surface area contributed by atoms with Crippen LogP contribution in [0, 0.1) is 6.92 Å². The van der Waals surface area contributed by atoms with E-state index in [1.54, 1.807) is 19.6 Å². The van der Waals surface area contributed by atoms with Crippen LogP contribution < -0.4 is 10.1 Å². The van der Waals surface area contributed by atoms with Crippen molar-refractivity contribution in [3.8, 4) is 5.75 Å². The molecule has 0 unspecified atom stereocenters. The van der Waals surface area contributed by atoms with E-state index in [-0.39, 0.29) is 0 Å². The summed E-state index contributed by atoms with van der Waals surface area (Å²) in [5.74, 6) is 0.899. The summed E-state index contributed by atoms with van der Waals surface area (Å²) in [6.07, 6.45) is 3.33. The number of hydrogen-bond acceptors (Lipinski definition) is 4. The van der Waals surface area contributed by atoms with Gasteiger partial charge in [0.05, 0.1) is 13.3 Å². The minimum Gasteiger partial charge on any atom is -0.496 e. The fourth-order valence-electron chi connectivity index (χ4n) is 1.51. The topological polar surface area (TPSA) is 47.3 Å². The Kier molecular flexibility index (Phi) is 3.10. The molecule has 0 spiro atoms. The van der Waals surface area contributed by atoms with E-state index in [0.29, 0.717) is 6.54 Å². The van der Waals surface area contributed by atoms with Crippen LogP contribution in [-0.2, 0) is 6.54 Å². The van der Waals surface area contributed by atoms with Crippen LogP contribution in [0.25, 0.3) is 0 Å². The van der Waals surface area contributed by atoms with Crippen molar-refractivity contribution in [3.05, 3.63) is 41.8 Å². The molecule has 84 valence electrons. The maximum atomic E-state index is 5.20. The Morgan fingerprint density at radius 3 is 2.94 bits per heavy atom. The number of methoxy groups -OCH3 is 1. The average molecular weight is 218 g/mol. The molecule has 4 nitrogen and oxygen atoms in total. The van der Waals surface area contributed by atoms with Crippen molar-refractivity contribution >= 4 is 5.69 Å². The highest BCUT2D eigenvalue weighted by Crippen LogP contribution is 2.21. The van der Waals surface area contributed by atoms with Gasteiger partial charge < -0.3 is 14.6 Å². The van der Waals surface area contributed by atoms with Crippen molar-refractivity contribution in [2.45, 2.75) is 13.5 Å². The molecule has 2 aromatic rings. The lowest BCUT2D eigenvalue weighted by Gasteiger charge is -2.08. The maximum absolute atomic E-state index is 5.20. The smallest absolute Gasteiger partial charge is 0.128 e. The zero-order valence-corrected chi connectivity index (χ0v) is 9.36. The van der Waals surface area contributed by atoms with E-state index in [4.69, 9.17) is 9.26 Å². The number of nitrogens with zero attached hydrogens (tertiary/aromatic N) is 1. The van der Waals surface area contributed by atoms with Gasteiger partial charge in [0.2, 0.25) is 0 Å². The van der Waals surface area contributed by atoms with Gasteiger partial charge >= 0.3 is 0 Å². The third-order valence-corrected chi connectivity index (χ3v) is 2.37. The number of hydrogen-bond donors (Lipinski definition) is 1. The van der Waals surface area contributed by atoms with Crippen LogP contribution in [0.5, 0.6) is 5.75 Å². The van der Waals surface area contributed by atoms with Gasteiger partial charge in [-0.3, -0.25) is 0 Å². The summed E-state index contributed by atoms with van der Waals surface area (Å²) in [6.45, 7) is 2.72. The summed E-state index contributed by atoms with van der Waals surface area (Å²) in [5.41, 5.74) is 3.19. The van der Waals surface area contributed by atoms with E-state index in [1.807, 2.05) is 25.1 Å². The minimum absolute atomic E-state index is 0.704. The number of benzene rings is 1. The van der Waals surface area contributed by atoms with Gasteiger partial charge in [0.15, 0.2) is 0 Å². The van der Waals surface area contributed by atoms with Gasteiger partial charge in [0, 0.05) is 17.8 Å². The molecule has 1 heterocycles. The number of aryl methyl sites for hydroxylation is 1. The highest BCUT2D eigenvalue weighted by atomic mass is 16.5. The monoisotopic (exact) mass is 218 g/mol. The van der Waals surface area contributed by atoms with Crippen molar-refractivity contribution in [1.29, 1.82) is 0 Å². The summed E-state index contributed by atoms with van der Waals surface area (Å²) >= 11 is 0. The van der Waals surface area contributed by atoms with Gasteiger partial charge in [-0.2, -0.15) is 0 Å². The quantitative estimate of drug-likeness (QED) is 0.856. The maximum Gasteiger partial charge on any atom is 0.128 e. The highest BCUT2D eigenvalue weighted by molar-refractivity contribution is 5.50. The first-order chi connectivity index (χ1) is 7.79. The molecule has 0 saturated carbocycles. The lowest BCUT2D eigenvalue weighted by atomic mass is 10.2. The van der Waals surface area contributed by atoms with Crippen molar-refractivity contribution in [2.24, 2.45) is 0 Å². The molecule has 0 radical (unpaired) electrons. The second-order valence-corrected chi connectivity index (χ2v) is 3.57. The second-order valence-electron chi connectivity index (χ2n) is 3.57. The van der Waals surface area contributed by atoms with Gasteiger partial charge in [-0.25, -0.2) is 0 Å². The first-order valence-corrected chi connectivity index (χ1v) is 5.06. The largest absolute Gasteiger partial charge is 0.496 e. The Morgan fingerprint density at radius 2 is 2.31 bits per heavy atom. The SMILES string of the molecule is COc1ccc(NCc2cnoc2)cc1C. The van der Waals surface area contributed by atoms with Crippen LogP contribution in [0.4, 0.5) is 5.69 Å². The van der Waals surface area contributed by atoms with Crippen molar-refractivity contribution in [2.75, 3.05) is 12.4 Å². The molecule has 0 atom stereocenters. The first-order valence-electron chi connectivity index (χ1n) is 5.06. The summed E-state index contributed by atoms with van der Waals surface area (Å²) in [4.78, 5) is 0. The van der Waals surface area contributed by atoms with Gasteiger partial charge in [-0.05, 0) is 30.7 Å². The van der Waals surface area contributed by atoms with E-state index in [0.717, 1.165) is 22.6 Å². The number of aromatic nitrogens is 1. The van der Waals surface area contributed by atoms with Crippen LogP contribution in [0.3, 0.4) is 0 Å². The molecular formula is C12H14N2O2. The van der Waals surface area contributed by atoms with Crippen LogP contribution in [0.1, 0.15) is 11.1 Å². The Labute approximate surface area is 94.2 Å². The van der Waals surface area contributed by atoms with Crippen LogP contribution in [0.2, 0.25) is 0 Å². The molecule has 0 saturated heterocycles. The molecule has 2 rings (SSSR count). The van der Waals surface area contributed by atoms with Crippen LogP contribution in [0.15, 0.2) is 35.2 Å².